The number of Topliss-reactive ketones (excluding diaryl/α,β-unsaturated/α-hetero) is 1. The Morgan fingerprint density at radius 2 is 1.81 bits per heavy atom. The number of benzene rings is 1. The summed E-state index contributed by atoms with van der Waals surface area (Å²) in [7, 11) is 1.94. The van der Waals surface area contributed by atoms with Gasteiger partial charge in [-0.2, -0.15) is 13.2 Å². The first-order valence-corrected chi connectivity index (χ1v) is 6.59. The summed E-state index contributed by atoms with van der Waals surface area (Å²) in [6.45, 7) is 2.60. The Bertz CT molecular complexity index is 522. The van der Waals surface area contributed by atoms with Crippen molar-refractivity contribution in [2.45, 2.75) is 6.18 Å². The molecule has 21 heavy (non-hydrogen) atoms. The Morgan fingerprint density at radius 1 is 1.19 bits per heavy atom. The summed E-state index contributed by atoms with van der Waals surface area (Å²) in [4.78, 5) is 16.0. The Kier molecular flexibility index (Phi) is 4.63. The Hall–Kier alpha value is -1.47. The van der Waals surface area contributed by atoms with Crippen LogP contribution in [0.2, 0.25) is 0 Å². The smallest absolute Gasteiger partial charge is 0.304 e. The molecule has 116 valence electrons. The fraction of sp³-hybridized carbons (Fsp3) is 0.500. The molecule has 2 rings (SSSR count). The van der Waals surface area contributed by atoms with Gasteiger partial charge in [0, 0.05) is 31.7 Å². The summed E-state index contributed by atoms with van der Waals surface area (Å²) >= 11 is 0. The minimum Gasteiger partial charge on any atom is -0.304 e. The molecular weight excluding hydrogens is 288 g/mol. The molecule has 0 bridgehead atoms. The molecule has 0 atom stereocenters. The fourth-order valence-electron chi connectivity index (χ4n) is 2.34. The van der Waals surface area contributed by atoms with Crippen LogP contribution < -0.4 is 0 Å². The van der Waals surface area contributed by atoms with Crippen molar-refractivity contribution < 1.29 is 22.4 Å². The Morgan fingerprint density at radius 3 is 2.38 bits per heavy atom. The Labute approximate surface area is 120 Å². The van der Waals surface area contributed by atoms with Gasteiger partial charge in [0.05, 0.1) is 6.54 Å². The van der Waals surface area contributed by atoms with E-state index in [0.717, 1.165) is 31.3 Å². The van der Waals surface area contributed by atoms with E-state index in [1.165, 1.54) is 0 Å². The zero-order valence-electron chi connectivity index (χ0n) is 11.6. The summed E-state index contributed by atoms with van der Waals surface area (Å²) in [5, 5.41) is 0. The summed E-state index contributed by atoms with van der Waals surface area (Å²) in [5.41, 5.74) is -2.06. The number of carbonyl (C=O) groups is 1. The maximum Gasteiger partial charge on any atom is 0.419 e. The lowest BCUT2D eigenvalue weighted by Gasteiger charge is -2.31. The average molecular weight is 304 g/mol. The largest absolute Gasteiger partial charge is 0.419 e. The fourth-order valence-corrected chi connectivity index (χ4v) is 2.34. The van der Waals surface area contributed by atoms with Crippen molar-refractivity contribution >= 4 is 5.78 Å². The van der Waals surface area contributed by atoms with Gasteiger partial charge in [-0.25, -0.2) is 4.39 Å². The number of halogens is 4. The second-order valence-electron chi connectivity index (χ2n) is 5.16. The van der Waals surface area contributed by atoms with Gasteiger partial charge in [-0.15, -0.1) is 0 Å². The van der Waals surface area contributed by atoms with Crippen LogP contribution in [0.4, 0.5) is 17.6 Å². The molecule has 0 amide bonds. The number of hydrogen-bond donors (Lipinski definition) is 0. The minimum absolute atomic E-state index is 0.125. The topological polar surface area (TPSA) is 23.6 Å². The van der Waals surface area contributed by atoms with Crippen LogP contribution in [0.5, 0.6) is 0 Å². The van der Waals surface area contributed by atoms with Crippen molar-refractivity contribution in [3.8, 4) is 0 Å². The molecule has 0 saturated carbocycles. The predicted octanol–water partition coefficient (Wildman–Crippen LogP) is 2.27. The van der Waals surface area contributed by atoms with E-state index in [4.69, 9.17) is 0 Å². The summed E-state index contributed by atoms with van der Waals surface area (Å²) < 4.78 is 52.1. The van der Waals surface area contributed by atoms with E-state index in [1.54, 1.807) is 4.90 Å². The van der Waals surface area contributed by atoms with Crippen LogP contribution in [0, 0.1) is 5.82 Å². The van der Waals surface area contributed by atoms with Crippen LogP contribution in [-0.2, 0) is 6.18 Å². The highest BCUT2D eigenvalue weighted by Gasteiger charge is 2.38. The van der Waals surface area contributed by atoms with Crippen molar-refractivity contribution in [2.75, 3.05) is 39.8 Å². The first kappa shape index (κ1) is 15.9. The van der Waals surface area contributed by atoms with Crippen LogP contribution >= 0.6 is 0 Å². The molecule has 1 fully saturated rings. The molecule has 1 heterocycles. The molecule has 0 radical (unpaired) electrons. The van der Waals surface area contributed by atoms with E-state index in [2.05, 4.69) is 4.90 Å². The van der Waals surface area contributed by atoms with Gasteiger partial charge < -0.3 is 4.90 Å². The number of likely N-dealkylation sites (N-methyl/N-ethyl adjacent to an activating group) is 1. The van der Waals surface area contributed by atoms with Crippen molar-refractivity contribution in [1.82, 2.24) is 9.80 Å². The normalized spacial score (nSPS) is 18.0. The monoisotopic (exact) mass is 304 g/mol. The zero-order valence-corrected chi connectivity index (χ0v) is 11.6. The molecule has 0 aliphatic carbocycles. The third kappa shape index (κ3) is 3.79. The van der Waals surface area contributed by atoms with Gasteiger partial charge in [-0.1, -0.05) is 12.1 Å². The number of rotatable bonds is 3. The van der Waals surface area contributed by atoms with Crippen molar-refractivity contribution in [3.63, 3.8) is 0 Å². The second kappa shape index (κ2) is 6.11. The number of piperazine rings is 1. The summed E-state index contributed by atoms with van der Waals surface area (Å²) in [6.07, 6.45) is -4.88. The van der Waals surface area contributed by atoms with Crippen LogP contribution in [0.3, 0.4) is 0 Å². The third-order valence-corrected chi connectivity index (χ3v) is 3.56. The molecule has 1 aromatic carbocycles. The van der Waals surface area contributed by atoms with Crippen LogP contribution in [0.1, 0.15) is 15.9 Å². The van der Waals surface area contributed by atoms with Gasteiger partial charge in [-0.3, -0.25) is 9.69 Å². The number of carbonyl (C=O) groups excluding carboxylic acids is 1. The van der Waals surface area contributed by atoms with Crippen LogP contribution in [0.25, 0.3) is 0 Å². The average Bonchev–Trinajstić information content (AvgIpc) is 2.39. The molecule has 0 unspecified atom stereocenters. The lowest BCUT2D eigenvalue weighted by molar-refractivity contribution is -0.140. The summed E-state index contributed by atoms with van der Waals surface area (Å²) in [5.74, 6) is -2.11. The molecular formula is C14H16F4N2O. The highest BCUT2D eigenvalue weighted by molar-refractivity contribution is 5.99. The molecule has 1 aromatic rings. The molecule has 0 aromatic heterocycles. The molecule has 3 nitrogen and oxygen atoms in total. The molecule has 1 saturated heterocycles. The van der Waals surface area contributed by atoms with Gasteiger partial charge in [0.15, 0.2) is 5.78 Å². The van der Waals surface area contributed by atoms with E-state index in [0.29, 0.717) is 13.1 Å². The standard InChI is InChI=1S/C14H16F4N2O/c1-19-5-7-20(8-6-19)9-12(21)10-3-2-4-11(15)13(10)14(16,17)18/h2-4H,5-9H2,1H3. The Balaban J connectivity index is 2.18. The number of nitrogens with zero attached hydrogens (tertiary/aromatic N) is 2. The van der Waals surface area contributed by atoms with E-state index in [1.807, 2.05) is 7.05 Å². The quantitative estimate of drug-likeness (QED) is 0.632. The number of hydrogen-bond acceptors (Lipinski definition) is 3. The molecule has 1 aliphatic heterocycles. The van der Waals surface area contributed by atoms with Gasteiger partial charge >= 0.3 is 6.18 Å². The van der Waals surface area contributed by atoms with Gasteiger partial charge in [0.2, 0.25) is 0 Å². The number of alkyl halides is 3. The van der Waals surface area contributed by atoms with E-state index < -0.39 is 28.9 Å². The lowest BCUT2D eigenvalue weighted by Crippen LogP contribution is -2.46. The van der Waals surface area contributed by atoms with Crippen molar-refractivity contribution in [1.29, 1.82) is 0 Å². The SMILES string of the molecule is CN1CCN(CC(=O)c2cccc(F)c2C(F)(F)F)CC1. The number of ketones is 1. The van der Waals surface area contributed by atoms with Gasteiger partial charge in [-0.05, 0) is 13.1 Å². The van der Waals surface area contributed by atoms with Crippen molar-refractivity contribution in [2.24, 2.45) is 0 Å². The highest BCUT2D eigenvalue weighted by atomic mass is 19.4. The second-order valence-corrected chi connectivity index (χ2v) is 5.16. The summed E-state index contributed by atoms with van der Waals surface area (Å²) in [6, 6.07) is 2.88. The minimum atomic E-state index is -4.88. The van der Waals surface area contributed by atoms with E-state index in [9.17, 15) is 22.4 Å². The molecule has 1 aliphatic rings. The zero-order chi connectivity index (χ0) is 15.6. The van der Waals surface area contributed by atoms with Crippen LogP contribution in [-0.4, -0.2) is 55.4 Å². The predicted molar refractivity (Wildman–Crippen MR) is 69.7 cm³/mol. The van der Waals surface area contributed by atoms with Gasteiger partial charge in [0.25, 0.3) is 0 Å². The first-order valence-electron chi connectivity index (χ1n) is 6.59. The van der Waals surface area contributed by atoms with Gasteiger partial charge in [0.1, 0.15) is 11.4 Å². The molecule has 7 heteroatoms. The molecule has 0 N–H and O–H groups in total. The van der Waals surface area contributed by atoms with E-state index in [-0.39, 0.29) is 6.54 Å². The van der Waals surface area contributed by atoms with Crippen molar-refractivity contribution in [3.05, 3.63) is 35.1 Å². The maximum absolute atomic E-state index is 13.4. The van der Waals surface area contributed by atoms with E-state index >= 15 is 0 Å². The molecule has 0 spiro atoms. The van der Waals surface area contributed by atoms with Crippen LogP contribution in [0.15, 0.2) is 18.2 Å². The third-order valence-electron chi connectivity index (χ3n) is 3.56. The maximum atomic E-state index is 13.4. The lowest BCUT2D eigenvalue weighted by atomic mass is 10.0. The first-order chi connectivity index (χ1) is 9.79. The highest BCUT2D eigenvalue weighted by Crippen LogP contribution is 2.34.